The van der Waals surface area contributed by atoms with Crippen LogP contribution in [0, 0.1) is 5.82 Å². The van der Waals surface area contributed by atoms with Crippen molar-refractivity contribution in [3.8, 4) is 22.2 Å². The number of rotatable bonds is 5. The zero-order valence-electron chi connectivity index (χ0n) is 13.0. The van der Waals surface area contributed by atoms with E-state index in [0.29, 0.717) is 28.3 Å². The zero-order chi connectivity index (χ0) is 17.2. The van der Waals surface area contributed by atoms with Gasteiger partial charge in [0.05, 0.1) is 15.7 Å². The van der Waals surface area contributed by atoms with Crippen LogP contribution in [0.15, 0.2) is 51.4 Å². The van der Waals surface area contributed by atoms with Crippen LogP contribution in [0.2, 0.25) is 0 Å². The molecule has 3 aromatic heterocycles. The van der Waals surface area contributed by atoms with Crippen molar-refractivity contribution in [3.63, 3.8) is 0 Å². The van der Waals surface area contributed by atoms with E-state index in [1.807, 2.05) is 24.4 Å². The highest BCUT2D eigenvalue weighted by Crippen LogP contribution is 2.34. The van der Waals surface area contributed by atoms with E-state index in [0.717, 1.165) is 4.88 Å². The molecule has 0 unspecified atom stereocenters. The number of aromatic nitrogens is 5. The fourth-order valence-corrected chi connectivity index (χ4v) is 3.58. The number of thiophene rings is 1. The summed E-state index contributed by atoms with van der Waals surface area (Å²) in [6.45, 7) is 1.93. The number of halogens is 1. The van der Waals surface area contributed by atoms with Gasteiger partial charge in [-0.1, -0.05) is 30.0 Å². The Morgan fingerprint density at radius 2 is 2.08 bits per heavy atom. The molecule has 0 saturated carbocycles. The summed E-state index contributed by atoms with van der Waals surface area (Å²) in [6.07, 6.45) is 0. The lowest BCUT2D eigenvalue weighted by atomic mass is 10.2. The molecule has 1 aromatic carbocycles. The number of H-pyrrole nitrogens is 1. The third-order valence-electron chi connectivity index (χ3n) is 3.40. The zero-order valence-corrected chi connectivity index (χ0v) is 14.6. The lowest BCUT2D eigenvalue weighted by Crippen LogP contribution is -1.90. The van der Waals surface area contributed by atoms with E-state index < -0.39 is 0 Å². The largest absolute Gasteiger partial charge is 0.419 e. The third-order valence-corrected chi connectivity index (χ3v) is 5.20. The van der Waals surface area contributed by atoms with Gasteiger partial charge >= 0.3 is 0 Å². The summed E-state index contributed by atoms with van der Waals surface area (Å²) in [7, 11) is 0. The van der Waals surface area contributed by atoms with Crippen LogP contribution in [0.4, 0.5) is 4.39 Å². The molecule has 3 heterocycles. The Balaban J connectivity index is 1.50. The van der Waals surface area contributed by atoms with Crippen molar-refractivity contribution in [2.24, 2.45) is 0 Å². The Morgan fingerprint density at radius 1 is 1.20 bits per heavy atom. The van der Waals surface area contributed by atoms with E-state index in [1.165, 1.54) is 29.2 Å². The van der Waals surface area contributed by atoms with Gasteiger partial charge in [0.15, 0.2) is 5.82 Å². The lowest BCUT2D eigenvalue weighted by Gasteiger charge is -2.01. The number of nitrogens with zero attached hydrogens (tertiary/aromatic N) is 4. The van der Waals surface area contributed by atoms with Crippen LogP contribution < -0.4 is 0 Å². The van der Waals surface area contributed by atoms with Crippen LogP contribution in [0.25, 0.3) is 22.2 Å². The van der Waals surface area contributed by atoms with Crippen molar-refractivity contribution in [2.45, 2.75) is 17.3 Å². The Labute approximate surface area is 150 Å². The summed E-state index contributed by atoms with van der Waals surface area (Å²) in [4.78, 5) is 5.26. The Hall–Kier alpha value is -2.52. The third kappa shape index (κ3) is 3.33. The summed E-state index contributed by atoms with van der Waals surface area (Å²) < 4.78 is 19.5. The number of hydrogen-bond acceptors (Lipinski definition) is 7. The molecule has 0 saturated heterocycles. The molecular weight excluding hydrogens is 361 g/mol. The van der Waals surface area contributed by atoms with Crippen LogP contribution in [0.3, 0.4) is 0 Å². The molecule has 1 N–H and O–H groups in total. The monoisotopic (exact) mass is 373 g/mol. The van der Waals surface area contributed by atoms with Gasteiger partial charge in [0.1, 0.15) is 5.82 Å². The normalized spacial score (nSPS) is 12.4. The van der Waals surface area contributed by atoms with E-state index in [2.05, 4.69) is 25.4 Å². The quantitative estimate of drug-likeness (QED) is 0.516. The van der Waals surface area contributed by atoms with Crippen LogP contribution in [-0.2, 0) is 0 Å². The van der Waals surface area contributed by atoms with E-state index in [9.17, 15) is 4.39 Å². The average molecular weight is 373 g/mol. The average Bonchev–Trinajstić information content (AvgIpc) is 3.36. The maximum atomic E-state index is 13.8. The molecule has 126 valence electrons. The first-order valence-corrected chi connectivity index (χ1v) is 9.18. The summed E-state index contributed by atoms with van der Waals surface area (Å²) in [5.74, 6) is 1.03. The second-order valence-electron chi connectivity index (χ2n) is 5.13. The second-order valence-corrected chi connectivity index (χ2v) is 7.38. The van der Waals surface area contributed by atoms with E-state index >= 15 is 0 Å². The van der Waals surface area contributed by atoms with Crippen molar-refractivity contribution < 1.29 is 8.81 Å². The molecule has 25 heavy (non-hydrogen) atoms. The van der Waals surface area contributed by atoms with Gasteiger partial charge in [0.25, 0.3) is 5.89 Å². The molecule has 0 aliphatic carbocycles. The first-order chi connectivity index (χ1) is 12.2. The van der Waals surface area contributed by atoms with Crippen molar-refractivity contribution in [3.05, 3.63) is 53.5 Å². The van der Waals surface area contributed by atoms with Crippen LogP contribution in [0.5, 0.6) is 0 Å². The smallest absolute Gasteiger partial charge is 0.257 e. The van der Waals surface area contributed by atoms with E-state index in [4.69, 9.17) is 4.42 Å². The number of hydrogen-bond donors (Lipinski definition) is 1. The predicted octanol–water partition coefficient (Wildman–Crippen LogP) is 4.58. The molecular formula is C16H12FN5OS2. The summed E-state index contributed by atoms with van der Waals surface area (Å²) >= 11 is 2.90. The molecule has 0 amide bonds. The summed E-state index contributed by atoms with van der Waals surface area (Å²) in [6, 6.07) is 10.3. The van der Waals surface area contributed by atoms with E-state index in [1.54, 1.807) is 18.2 Å². The number of nitrogens with one attached hydrogen (secondary N) is 1. The molecule has 4 aromatic rings. The van der Waals surface area contributed by atoms with Gasteiger partial charge in [-0.25, -0.2) is 9.37 Å². The molecule has 1 atom stereocenters. The van der Waals surface area contributed by atoms with Crippen LogP contribution in [0.1, 0.15) is 18.1 Å². The van der Waals surface area contributed by atoms with Gasteiger partial charge < -0.3 is 4.42 Å². The highest BCUT2D eigenvalue weighted by atomic mass is 32.2. The van der Waals surface area contributed by atoms with Crippen LogP contribution >= 0.6 is 23.1 Å². The Bertz CT molecular complexity index is 982. The van der Waals surface area contributed by atoms with Crippen molar-refractivity contribution in [1.82, 2.24) is 25.4 Å². The number of thioether (sulfide) groups is 1. The SMILES string of the molecule is C[C@@H](Sc1n[nH]c(-c2ccccc2F)n1)c1nnc(-c2cccs2)o1. The Kier molecular flexibility index (Phi) is 4.33. The summed E-state index contributed by atoms with van der Waals surface area (Å²) in [5.41, 5.74) is 0.382. The van der Waals surface area contributed by atoms with Crippen molar-refractivity contribution in [2.75, 3.05) is 0 Å². The fourth-order valence-electron chi connectivity index (χ4n) is 2.18. The molecule has 9 heteroatoms. The van der Waals surface area contributed by atoms with Gasteiger partial charge in [-0.05, 0) is 30.5 Å². The second kappa shape index (κ2) is 6.77. The number of benzene rings is 1. The maximum Gasteiger partial charge on any atom is 0.257 e. The van der Waals surface area contributed by atoms with E-state index in [-0.39, 0.29) is 11.1 Å². The van der Waals surface area contributed by atoms with Crippen molar-refractivity contribution in [1.29, 1.82) is 0 Å². The maximum absolute atomic E-state index is 13.8. The minimum absolute atomic E-state index is 0.134. The van der Waals surface area contributed by atoms with Gasteiger partial charge in [-0.3, -0.25) is 5.10 Å². The minimum atomic E-state index is -0.347. The van der Waals surface area contributed by atoms with Gasteiger partial charge in [0.2, 0.25) is 11.0 Å². The molecule has 0 bridgehead atoms. The molecule has 0 radical (unpaired) electrons. The van der Waals surface area contributed by atoms with Crippen LogP contribution in [-0.4, -0.2) is 25.4 Å². The predicted molar refractivity (Wildman–Crippen MR) is 93.7 cm³/mol. The topological polar surface area (TPSA) is 80.5 Å². The molecule has 0 fully saturated rings. The molecule has 6 nitrogen and oxygen atoms in total. The lowest BCUT2D eigenvalue weighted by molar-refractivity contribution is 0.510. The molecule has 4 rings (SSSR count). The highest BCUT2D eigenvalue weighted by Gasteiger charge is 2.19. The van der Waals surface area contributed by atoms with Gasteiger partial charge in [0, 0.05) is 0 Å². The Morgan fingerprint density at radius 3 is 2.88 bits per heavy atom. The standard InChI is InChI=1S/C16H12FN5OS2/c1-9(14-20-21-15(23-14)12-7-4-8-24-12)25-16-18-13(19-22-16)10-5-2-3-6-11(10)17/h2-9H,1H3,(H,18,19,22)/t9-/m1/s1. The molecule has 0 spiro atoms. The highest BCUT2D eigenvalue weighted by molar-refractivity contribution is 7.99. The van der Waals surface area contributed by atoms with Gasteiger partial charge in [-0.2, -0.15) is 0 Å². The minimum Gasteiger partial charge on any atom is -0.419 e. The first-order valence-electron chi connectivity index (χ1n) is 7.42. The first kappa shape index (κ1) is 16.0. The molecule has 0 aliphatic heterocycles. The van der Waals surface area contributed by atoms with Crippen molar-refractivity contribution >= 4 is 23.1 Å². The molecule has 0 aliphatic rings. The number of aromatic amines is 1. The fraction of sp³-hybridized carbons (Fsp3) is 0.125. The van der Waals surface area contributed by atoms with Gasteiger partial charge in [-0.15, -0.1) is 26.6 Å². The summed E-state index contributed by atoms with van der Waals surface area (Å²) in [5, 5.41) is 17.4.